The van der Waals surface area contributed by atoms with Gasteiger partial charge >= 0.3 is 7.82 Å². The van der Waals surface area contributed by atoms with E-state index in [1.54, 1.807) is 48.5 Å². The van der Waals surface area contributed by atoms with Crippen LogP contribution in [0.3, 0.4) is 0 Å². The summed E-state index contributed by atoms with van der Waals surface area (Å²) in [6.07, 6.45) is -5.72. The zero-order valence-corrected chi connectivity index (χ0v) is 16.5. The van der Waals surface area contributed by atoms with Crippen molar-refractivity contribution in [2.75, 3.05) is 6.61 Å². The van der Waals surface area contributed by atoms with Crippen LogP contribution >= 0.6 is 7.82 Å². The maximum atomic E-state index is 13.0. The quantitative estimate of drug-likeness (QED) is 0.460. The number of hydrogen-bond acceptors (Lipinski definition) is 7. The maximum absolute atomic E-state index is 13.0. The molecule has 0 aliphatic heterocycles. The van der Waals surface area contributed by atoms with E-state index in [2.05, 4.69) is 0 Å². The monoisotopic (exact) mass is 412 g/mol. The molecule has 3 N–H and O–H groups in total. The first kappa shape index (κ1) is 21.1. The molecule has 0 aromatic heterocycles. The van der Waals surface area contributed by atoms with Gasteiger partial charge in [0.05, 0.1) is 25.9 Å². The highest BCUT2D eigenvalue weighted by Gasteiger charge is 2.31. The second-order valence-electron chi connectivity index (χ2n) is 6.14. The van der Waals surface area contributed by atoms with E-state index in [1.165, 1.54) is 6.92 Å². The van der Waals surface area contributed by atoms with Crippen molar-refractivity contribution in [3.63, 3.8) is 0 Å². The lowest BCUT2D eigenvalue weighted by molar-refractivity contribution is -0.0778. The summed E-state index contributed by atoms with van der Waals surface area (Å²) in [5.74, 6) is 0. The number of benzene rings is 2. The third kappa shape index (κ3) is 7.45. The zero-order chi connectivity index (χ0) is 21.3. The smallest absolute Gasteiger partial charge is 0.390 e. The molecule has 7 nitrogen and oxygen atoms in total. The van der Waals surface area contributed by atoms with Gasteiger partial charge in [-0.05, 0) is 17.5 Å². The predicted molar refractivity (Wildman–Crippen MR) is 104 cm³/mol. The van der Waals surface area contributed by atoms with Crippen molar-refractivity contribution in [2.24, 2.45) is 0 Å². The van der Waals surface area contributed by atoms with Gasteiger partial charge < -0.3 is 15.3 Å². The van der Waals surface area contributed by atoms with Gasteiger partial charge in [0.2, 0.25) is 0 Å². The fourth-order valence-corrected chi connectivity index (χ4v) is 3.43. The van der Waals surface area contributed by atoms with Gasteiger partial charge in [0.25, 0.3) is 0 Å². The minimum atomic E-state index is -4.10. The van der Waals surface area contributed by atoms with Crippen molar-refractivity contribution >= 4 is 7.82 Å². The van der Waals surface area contributed by atoms with Crippen LogP contribution < -0.4 is 0 Å². The molecular formula is C20H27O7P. The number of phosphoric acid groups is 1. The first-order chi connectivity index (χ1) is 13.8. The topological polar surface area (TPSA) is 105 Å². The van der Waals surface area contributed by atoms with E-state index in [0.717, 1.165) is 11.1 Å². The Hall–Kier alpha value is -1.57. The Morgan fingerprint density at radius 3 is 1.75 bits per heavy atom. The van der Waals surface area contributed by atoms with Gasteiger partial charge in [-0.3, -0.25) is 13.6 Å². The maximum Gasteiger partial charge on any atom is 0.475 e. The highest BCUT2D eigenvalue weighted by Crippen LogP contribution is 2.51. The molecule has 0 saturated heterocycles. The molecule has 0 aliphatic rings. The van der Waals surface area contributed by atoms with Crippen LogP contribution in [0.5, 0.6) is 0 Å². The summed E-state index contributed by atoms with van der Waals surface area (Å²) in [4.78, 5) is 0. The highest BCUT2D eigenvalue weighted by atomic mass is 31.2. The van der Waals surface area contributed by atoms with E-state index < -0.39 is 39.1 Å². The summed E-state index contributed by atoms with van der Waals surface area (Å²) >= 11 is 0. The van der Waals surface area contributed by atoms with E-state index in [9.17, 15) is 19.9 Å². The summed E-state index contributed by atoms with van der Waals surface area (Å²) in [5, 5.41) is 29.6. The second kappa shape index (κ2) is 11.4. The standard InChI is InChI=1S/C20H27O7P/c1-2-18(21)20(23)19(22)15-27-28(24,25-13-16-9-5-3-6-10-16)26-14-17-11-7-4-8-12-17/h3-12,18-23H,2,13-15H2,1H3/t18-,19-,20+/m1/s1/i2T/t2?,18-,19-,20+. The van der Waals surface area contributed by atoms with E-state index in [1.807, 2.05) is 12.1 Å². The lowest BCUT2D eigenvalue weighted by Crippen LogP contribution is -2.39. The molecule has 0 fully saturated rings. The van der Waals surface area contributed by atoms with Crippen LogP contribution in [0.1, 0.15) is 25.8 Å². The van der Waals surface area contributed by atoms with Crippen molar-refractivity contribution < 1.29 is 34.8 Å². The van der Waals surface area contributed by atoms with E-state index in [-0.39, 0.29) is 13.2 Å². The van der Waals surface area contributed by atoms with Gasteiger partial charge in [0.15, 0.2) is 0 Å². The number of rotatable bonds is 12. The normalized spacial score (nSPS) is 16.8. The van der Waals surface area contributed by atoms with Crippen LogP contribution in [0, 0.1) is 0 Å². The first-order valence-corrected chi connectivity index (χ1v) is 10.3. The molecule has 0 amide bonds. The molecular weight excluding hydrogens is 383 g/mol. The fourth-order valence-electron chi connectivity index (χ4n) is 2.26. The summed E-state index contributed by atoms with van der Waals surface area (Å²) in [6, 6.07) is 18.0. The number of aliphatic hydroxyl groups excluding tert-OH is 3. The Labute approximate surface area is 166 Å². The Bertz CT molecular complexity index is 712. The second-order valence-corrected chi connectivity index (χ2v) is 7.81. The minimum absolute atomic E-state index is 0.0437. The highest BCUT2D eigenvalue weighted by molar-refractivity contribution is 7.48. The van der Waals surface area contributed by atoms with Crippen LogP contribution in [-0.2, 0) is 31.4 Å². The van der Waals surface area contributed by atoms with Crippen molar-refractivity contribution in [1.29, 1.82) is 0 Å². The molecule has 2 aromatic carbocycles. The molecule has 0 bridgehead atoms. The molecule has 4 atom stereocenters. The number of phosphoric ester groups is 1. The van der Waals surface area contributed by atoms with Gasteiger partial charge in [-0.25, -0.2) is 4.57 Å². The molecule has 2 rings (SSSR count). The molecule has 28 heavy (non-hydrogen) atoms. The number of aliphatic hydroxyl groups is 3. The van der Waals surface area contributed by atoms with Crippen LogP contribution in [0.25, 0.3) is 0 Å². The summed E-state index contributed by atoms with van der Waals surface area (Å²) in [6.45, 7) is 0.681. The van der Waals surface area contributed by atoms with Gasteiger partial charge in [-0.15, -0.1) is 0 Å². The Kier molecular flexibility index (Phi) is 8.64. The fraction of sp³-hybridized carbons (Fsp3) is 0.400. The van der Waals surface area contributed by atoms with E-state index >= 15 is 0 Å². The summed E-state index contributed by atoms with van der Waals surface area (Å²) in [5.41, 5.74) is 1.50. The van der Waals surface area contributed by atoms with Crippen LogP contribution in [0.15, 0.2) is 60.7 Å². The Morgan fingerprint density at radius 1 is 0.857 bits per heavy atom. The SMILES string of the molecule is [3H]C(C)[C@@H](O)[C@H](O)[C@H](O)COP(=O)(OCc1ccccc1)OCc1ccccc1. The predicted octanol–water partition coefficient (Wildman–Crippen LogP) is 3.04. The van der Waals surface area contributed by atoms with Gasteiger partial charge in [0.1, 0.15) is 12.2 Å². The average Bonchev–Trinajstić information content (AvgIpc) is 2.75. The molecule has 0 spiro atoms. The largest absolute Gasteiger partial charge is 0.475 e. The lowest BCUT2D eigenvalue weighted by Gasteiger charge is -2.24. The van der Waals surface area contributed by atoms with Gasteiger partial charge in [0, 0.05) is 1.37 Å². The molecule has 1 unspecified atom stereocenters. The molecule has 2 aromatic rings. The first-order valence-electron chi connectivity index (χ1n) is 9.46. The van der Waals surface area contributed by atoms with Crippen molar-refractivity contribution in [3.8, 4) is 0 Å². The van der Waals surface area contributed by atoms with Crippen molar-refractivity contribution in [3.05, 3.63) is 71.8 Å². The van der Waals surface area contributed by atoms with Crippen molar-refractivity contribution in [1.82, 2.24) is 0 Å². The van der Waals surface area contributed by atoms with Crippen LogP contribution in [0.2, 0.25) is 0 Å². The zero-order valence-electron chi connectivity index (χ0n) is 16.6. The van der Waals surface area contributed by atoms with Gasteiger partial charge in [-0.2, -0.15) is 0 Å². The van der Waals surface area contributed by atoms with Crippen molar-refractivity contribution in [2.45, 2.75) is 44.8 Å². The van der Waals surface area contributed by atoms with Crippen LogP contribution in [-0.4, -0.2) is 40.2 Å². The third-order valence-corrected chi connectivity index (χ3v) is 5.31. The lowest BCUT2D eigenvalue weighted by atomic mass is 10.1. The molecule has 0 heterocycles. The van der Waals surface area contributed by atoms with E-state index in [4.69, 9.17) is 14.9 Å². The summed E-state index contributed by atoms with van der Waals surface area (Å²) < 4.78 is 36.5. The molecule has 0 radical (unpaired) electrons. The average molecular weight is 412 g/mol. The molecule has 8 heteroatoms. The van der Waals surface area contributed by atoms with E-state index in [0.29, 0.717) is 0 Å². The molecule has 154 valence electrons. The van der Waals surface area contributed by atoms with Crippen LogP contribution in [0.4, 0.5) is 0 Å². The van der Waals surface area contributed by atoms with Gasteiger partial charge in [-0.1, -0.05) is 67.6 Å². The molecule has 0 saturated carbocycles. The minimum Gasteiger partial charge on any atom is -0.390 e. The third-order valence-electron chi connectivity index (χ3n) is 3.95. The molecule has 0 aliphatic carbocycles. The Balaban J connectivity index is 2.01. The number of hydrogen-bond donors (Lipinski definition) is 3. The summed E-state index contributed by atoms with van der Waals surface area (Å²) in [7, 11) is -4.10. The Morgan fingerprint density at radius 2 is 1.32 bits per heavy atom.